The third kappa shape index (κ3) is 4.44. The van der Waals surface area contributed by atoms with Gasteiger partial charge in [0, 0.05) is 41.8 Å². The van der Waals surface area contributed by atoms with Gasteiger partial charge in [-0.3, -0.25) is 0 Å². The maximum Gasteiger partial charge on any atom is 0.119 e. The summed E-state index contributed by atoms with van der Waals surface area (Å²) in [5, 5.41) is 11.9. The lowest BCUT2D eigenvalue weighted by molar-refractivity contribution is 0.0182. The van der Waals surface area contributed by atoms with E-state index in [0.29, 0.717) is 0 Å². The molecule has 0 saturated heterocycles. The van der Waals surface area contributed by atoms with Gasteiger partial charge in [-0.05, 0) is 54.3 Å². The molecule has 3 nitrogen and oxygen atoms in total. The molecule has 1 N–H and O–H groups in total. The van der Waals surface area contributed by atoms with Gasteiger partial charge in [-0.15, -0.1) is 11.8 Å². The van der Waals surface area contributed by atoms with Gasteiger partial charge in [-0.25, -0.2) is 0 Å². The lowest BCUT2D eigenvalue weighted by Crippen LogP contribution is -2.40. The number of benzene rings is 2. The lowest BCUT2D eigenvalue weighted by atomic mass is 9.69. The van der Waals surface area contributed by atoms with E-state index in [1.54, 1.807) is 7.11 Å². The Kier molecular flexibility index (Phi) is 7.18. The summed E-state index contributed by atoms with van der Waals surface area (Å²) in [6.45, 7) is 4.47. The Balaban J connectivity index is 2.17. The van der Waals surface area contributed by atoms with Crippen LogP contribution in [0.5, 0.6) is 5.75 Å². The third-order valence-electron chi connectivity index (χ3n) is 6.49. The number of unbranched alkanes of at least 4 members (excludes halogenated alkanes) is 1. The highest BCUT2D eigenvalue weighted by Gasteiger charge is 2.44. The zero-order valence-electron chi connectivity index (χ0n) is 18.4. The number of fused-ring (bicyclic) bond motifs is 1. The van der Waals surface area contributed by atoms with E-state index in [2.05, 4.69) is 69.2 Å². The number of aliphatic hydroxyl groups excluding tert-OH is 1. The van der Waals surface area contributed by atoms with Crippen LogP contribution in [-0.2, 0) is 0 Å². The highest BCUT2D eigenvalue weighted by atomic mass is 32.2. The van der Waals surface area contributed by atoms with Crippen molar-refractivity contribution in [2.45, 2.75) is 56.4 Å². The average Bonchev–Trinajstić information content (AvgIpc) is 2.86. The first-order valence-corrected chi connectivity index (χ1v) is 11.7. The van der Waals surface area contributed by atoms with Crippen LogP contribution in [0.4, 0.5) is 5.69 Å². The normalized spacial score (nSPS) is 23.9. The van der Waals surface area contributed by atoms with E-state index >= 15 is 0 Å². The molecule has 0 bridgehead atoms. The van der Waals surface area contributed by atoms with Crippen molar-refractivity contribution in [1.82, 2.24) is 0 Å². The summed E-state index contributed by atoms with van der Waals surface area (Å²) in [5.41, 5.74) is 3.43. The molecule has 158 valence electrons. The van der Waals surface area contributed by atoms with Crippen molar-refractivity contribution < 1.29 is 9.84 Å². The molecule has 0 spiro atoms. The quantitative estimate of drug-likeness (QED) is 0.608. The SMILES string of the molecule is CCCCC1(CC)CSc2ccc(OC)cc2[C@@H](c2cccc(N(C)C)c2)[C@H]1O. The second kappa shape index (κ2) is 9.44. The molecule has 0 aromatic heterocycles. The van der Waals surface area contributed by atoms with E-state index in [1.807, 2.05) is 17.8 Å². The first-order chi connectivity index (χ1) is 14.0. The first kappa shape index (κ1) is 22.0. The van der Waals surface area contributed by atoms with E-state index in [9.17, 15) is 5.11 Å². The molecule has 2 aromatic rings. The van der Waals surface area contributed by atoms with Gasteiger partial charge < -0.3 is 14.7 Å². The summed E-state index contributed by atoms with van der Waals surface area (Å²) in [7, 11) is 5.83. The number of methoxy groups -OCH3 is 1. The molecule has 1 aliphatic heterocycles. The summed E-state index contributed by atoms with van der Waals surface area (Å²) >= 11 is 1.90. The van der Waals surface area contributed by atoms with Crippen LogP contribution in [0, 0.1) is 5.41 Å². The summed E-state index contributed by atoms with van der Waals surface area (Å²) in [6.07, 6.45) is 3.91. The molecule has 0 radical (unpaired) electrons. The number of rotatable bonds is 7. The second-order valence-corrected chi connectivity index (χ2v) is 9.44. The molecule has 1 aliphatic rings. The zero-order valence-corrected chi connectivity index (χ0v) is 19.3. The maximum absolute atomic E-state index is 11.9. The van der Waals surface area contributed by atoms with Crippen molar-refractivity contribution >= 4 is 17.4 Å². The molecule has 0 amide bonds. The topological polar surface area (TPSA) is 32.7 Å². The van der Waals surface area contributed by atoms with Gasteiger partial charge >= 0.3 is 0 Å². The number of hydrogen-bond acceptors (Lipinski definition) is 4. The summed E-state index contributed by atoms with van der Waals surface area (Å²) < 4.78 is 5.55. The maximum atomic E-state index is 11.9. The summed E-state index contributed by atoms with van der Waals surface area (Å²) in [6, 6.07) is 15.0. The van der Waals surface area contributed by atoms with Crippen molar-refractivity contribution in [1.29, 1.82) is 0 Å². The molecular weight excluding hydrogens is 378 g/mol. The molecule has 1 unspecified atom stereocenters. The minimum atomic E-state index is -0.433. The predicted octanol–water partition coefficient (Wildman–Crippen LogP) is 5.95. The number of nitrogens with zero attached hydrogens (tertiary/aromatic N) is 1. The van der Waals surface area contributed by atoms with Gasteiger partial charge in [-0.2, -0.15) is 0 Å². The van der Waals surface area contributed by atoms with E-state index in [0.717, 1.165) is 42.9 Å². The van der Waals surface area contributed by atoms with E-state index < -0.39 is 6.10 Å². The minimum absolute atomic E-state index is 0.0631. The fourth-order valence-corrected chi connectivity index (χ4v) is 5.93. The Morgan fingerprint density at radius 2 is 1.97 bits per heavy atom. The lowest BCUT2D eigenvalue weighted by Gasteiger charge is -2.40. The molecule has 0 saturated carbocycles. The smallest absolute Gasteiger partial charge is 0.119 e. The van der Waals surface area contributed by atoms with Crippen molar-refractivity contribution in [2.24, 2.45) is 5.41 Å². The molecule has 0 aliphatic carbocycles. The zero-order chi connectivity index (χ0) is 21.0. The minimum Gasteiger partial charge on any atom is -0.497 e. The van der Waals surface area contributed by atoms with Gasteiger partial charge in [0.25, 0.3) is 0 Å². The fourth-order valence-electron chi connectivity index (χ4n) is 4.45. The highest BCUT2D eigenvalue weighted by Crippen LogP contribution is 2.51. The number of aliphatic hydroxyl groups is 1. The van der Waals surface area contributed by atoms with Crippen LogP contribution in [0.1, 0.15) is 56.6 Å². The second-order valence-electron chi connectivity index (χ2n) is 8.42. The van der Waals surface area contributed by atoms with E-state index in [-0.39, 0.29) is 11.3 Å². The fraction of sp³-hybridized carbons (Fsp3) is 0.520. The molecule has 3 atom stereocenters. The number of ether oxygens (including phenoxy) is 1. The molecule has 2 aromatic carbocycles. The molecule has 1 heterocycles. The summed E-state index contributed by atoms with van der Waals surface area (Å²) in [4.78, 5) is 3.38. The molecule has 3 rings (SSSR count). The monoisotopic (exact) mass is 413 g/mol. The Morgan fingerprint density at radius 3 is 2.62 bits per heavy atom. The van der Waals surface area contributed by atoms with Crippen LogP contribution in [0.15, 0.2) is 47.4 Å². The Hall–Kier alpha value is -1.65. The van der Waals surface area contributed by atoms with E-state index in [1.165, 1.54) is 16.0 Å². The van der Waals surface area contributed by atoms with Gasteiger partial charge in [0.15, 0.2) is 0 Å². The largest absolute Gasteiger partial charge is 0.497 e. The van der Waals surface area contributed by atoms with Gasteiger partial charge in [0.1, 0.15) is 5.75 Å². The van der Waals surface area contributed by atoms with Crippen LogP contribution in [-0.4, -0.2) is 38.2 Å². The van der Waals surface area contributed by atoms with Crippen molar-refractivity contribution in [3.05, 3.63) is 53.6 Å². The molecule has 0 fully saturated rings. The van der Waals surface area contributed by atoms with Gasteiger partial charge in [0.2, 0.25) is 0 Å². The standard InChI is InChI=1S/C25H35NO2S/c1-6-8-14-25(7-2)17-29-22-13-12-20(28-5)16-21(22)23(24(25)27)18-10-9-11-19(15-18)26(3)4/h9-13,15-16,23-24,27H,6-8,14,17H2,1-5H3/t23-,24-,25?/m1/s1. The Labute approximate surface area is 180 Å². The van der Waals surface area contributed by atoms with Crippen LogP contribution >= 0.6 is 11.8 Å². The molecular formula is C25H35NO2S. The number of thioether (sulfide) groups is 1. The van der Waals surface area contributed by atoms with E-state index in [4.69, 9.17) is 4.74 Å². The van der Waals surface area contributed by atoms with Crippen molar-refractivity contribution in [3.63, 3.8) is 0 Å². The Bertz CT molecular complexity index is 822. The molecule has 29 heavy (non-hydrogen) atoms. The number of anilines is 1. The van der Waals surface area contributed by atoms with Crippen LogP contribution in [0.25, 0.3) is 0 Å². The van der Waals surface area contributed by atoms with Crippen molar-refractivity contribution in [2.75, 3.05) is 31.9 Å². The number of hydrogen-bond donors (Lipinski definition) is 1. The van der Waals surface area contributed by atoms with Crippen molar-refractivity contribution in [3.8, 4) is 5.75 Å². The highest BCUT2D eigenvalue weighted by molar-refractivity contribution is 7.99. The average molecular weight is 414 g/mol. The van der Waals surface area contributed by atoms with Crippen LogP contribution < -0.4 is 9.64 Å². The summed E-state index contributed by atoms with van der Waals surface area (Å²) in [5.74, 6) is 1.74. The predicted molar refractivity (Wildman–Crippen MR) is 125 cm³/mol. The van der Waals surface area contributed by atoms with Gasteiger partial charge in [0.05, 0.1) is 13.2 Å². The molecule has 4 heteroatoms. The third-order valence-corrected chi connectivity index (χ3v) is 7.89. The first-order valence-electron chi connectivity index (χ1n) is 10.7. The Morgan fingerprint density at radius 1 is 1.17 bits per heavy atom. The van der Waals surface area contributed by atoms with Gasteiger partial charge in [-0.1, -0.05) is 38.8 Å². The van der Waals surface area contributed by atoms with Crippen LogP contribution in [0.2, 0.25) is 0 Å². The van der Waals surface area contributed by atoms with Crippen LogP contribution in [0.3, 0.4) is 0 Å².